The van der Waals surface area contributed by atoms with Crippen LogP contribution >= 0.6 is 0 Å². The van der Waals surface area contributed by atoms with E-state index in [1.54, 1.807) is 36.5 Å². The van der Waals surface area contributed by atoms with Crippen molar-refractivity contribution in [2.45, 2.75) is 13.8 Å². The monoisotopic (exact) mass is 265 g/mol. The first-order valence-electron chi connectivity index (χ1n) is 5.46. The minimum absolute atomic E-state index is 0. The van der Waals surface area contributed by atoms with Gasteiger partial charge >= 0.3 is 7.19 Å². The van der Waals surface area contributed by atoms with Crippen molar-refractivity contribution in [3.63, 3.8) is 0 Å². The fraction of sp³-hybridized carbons (Fsp3) is 0.154. The zero-order valence-corrected chi connectivity index (χ0v) is 10.9. The number of aryl methyl sites for hydroxylation is 1. The zero-order chi connectivity index (χ0) is 12.3. The smallest absolute Gasteiger partial charge is 0.529 e. The lowest BCUT2D eigenvalue weighted by Crippen LogP contribution is -2.32. The Morgan fingerprint density at radius 3 is 2.32 bits per heavy atom. The number of hydrogen-bond donors (Lipinski definition) is 0. The number of nitrogens with zero attached hydrogens (tertiary/aromatic N) is 1. The van der Waals surface area contributed by atoms with Crippen molar-refractivity contribution in [1.82, 2.24) is 4.98 Å². The van der Waals surface area contributed by atoms with Gasteiger partial charge in [-0.25, -0.2) is 0 Å². The molecule has 0 aliphatic heterocycles. The molecule has 0 fully saturated rings. The highest BCUT2D eigenvalue weighted by Gasteiger charge is 2.21. The van der Waals surface area contributed by atoms with Gasteiger partial charge in [-0.1, -0.05) is 30.3 Å². The van der Waals surface area contributed by atoms with E-state index in [2.05, 4.69) is 4.98 Å². The first-order valence-corrected chi connectivity index (χ1v) is 5.46. The van der Waals surface area contributed by atoms with Gasteiger partial charge in [0.1, 0.15) is 5.75 Å². The van der Waals surface area contributed by atoms with Gasteiger partial charge in [-0.05, 0) is 19.9 Å². The van der Waals surface area contributed by atoms with E-state index in [1.807, 2.05) is 19.9 Å². The second-order valence-electron chi connectivity index (χ2n) is 3.86. The molecule has 2 aromatic rings. The molecule has 0 saturated carbocycles. The highest BCUT2D eigenvalue weighted by atomic mass is 19.1. The number of aromatic nitrogens is 1. The molecule has 6 heteroatoms. The van der Waals surface area contributed by atoms with Crippen molar-refractivity contribution in [3.05, 3.63) is 53.9 Å². The van der Waals surface area contributed by atoms with Crippen molar-refractivity contribution in [2.24, 2.45) is 0 Å². The minimum atomic E-state index is -1.45. The van der Waals surface area contributed by atoms with Crippen molar-refractivity contribution < 1.29 is 19.9 Å². The highest BCUT2D eigenvalue weighted by Crippen LogP contribution is 2.19. The molecule has 19 heavy (non-hydrogen) atoms. The standard InChI is InChI=1S/C13H13BFNO.2H2O/c1-10-11(2)16-9-8-13(10)17-14(15)12-6-4-3-5-7-12;;/h3-9H,1-2H3;2*1H2. The summed E-state index contributed by atoms with van der Waals surface area (Å²) in [5.41, 5.74) is 2.23. The third kappa shape index (κ3) is 4.05. The van der Waals surface area contributed by atoms with E-state index in [1.165, 1.54) is 0 Å². The molecular formula is C13H17BFNO3. The van der Waals surface area contributed by atoms with Gasteiger partial charge in [-0.3, -0.25) is 9.30 Å². The Bertz CT molecular complexity index is 510. The van der Waals surface area contributed by atoms with Crippen molar-refractivity contribution in [2.75, 3.05) is 0 Å². The van der Waals surface area contributed by atoms with Gasteiger partial charge < -0.3 is 15.6 Å². The molecule has 0 bridgehead atoms. The van der Waals surface area contributed by atoms with Crippen LogP contribution in [-0.4, -0.2) is 23.1 Å². The molecule has 0 spiro atoms. The van der Waals surface area contributed by atoms with Gasteiger partial charge in [0.25, 0.3) is 0 Å². The molecule has 0 unspecified atom stereocenters. The summed E-state index contributed by atoms with van der Waals surface area (Å²) in [6, 6.07) is 10.5. The van der Waals surface area contributed by atoms with Crippen LogP contribution in [0.2, 0.25) is 0 Å². The number of rotatable bonds is 3. The minimum Gasteiger partial charge on any atom is -0.529 e. The second-order valence-corrected chi connectivity index (χ2v) is 3.86. The van der Waals surface area contributed by atoms with Crippen LogP contribution in [0.15, 0.2) is 42.6 Å². The number of hydrogen-bond acceptors (Lipinski definition) is 2. The van der Waals surface area contributed by atoms with Crippen LogP contribution in [0.1, 0.15) is 11.3 Å². The van der Waals surface area contributed by atoms with Gasteiger partial charge in [0.2, 0.25) is 0 Å². The lowest BCUT2D eigenvalue weighted by Gasteiger charge is -2.11. The van der Waals surface area contributed by atoms with Crippen LogP contribution in [0.25, 0.3) is 0 Å². The van der Waals surface area contributed by atoms with Crippen LogP contribution in [0.5, 0.6) is 5.75 Å². The average Bonchev–Trinajstić information content (AvgIpc) is 2.36. The summed E-state index contributed by atoms with van der Waals surface area (Å²) < 4.78 is 19.2. The summed E-state index contributed by atoms with van der Waals surface area (Å²) in [4.78, 5) is 4.12. The summed E-state index contributed by atoms with van der Waals surface area (Å²) in [7, 11) is -1.45. The number of pyridine rings is 1. The molecule has 2 rings (SSSR count). The van der Waals surface area contributed by atoms with Gasteiger partial charge in [0.15, 0.2) is 0 Å². The Morgan fingerprint density at radius 2 is 1.68 bits per heavy atom. The molecule has 0 radical (unpaired) electrons. The van der Waals surface area contributed by atoms with Crippen LogP contribution in [-0.2, 0) is 0 Å². The molecule has 4 N–H and O–H groups in total. The van der Waals surface area contributed by atoms with Gasteiger partial charge in [0.05, 0.1) is 0 Å². The highest BCUT2D eigenvalue weighted by molar-refractivity contribution is 6.61. The molecule has 1 aromatic heterocycles. The number of halogens is 1. The predicted molar refractivity (Wildman–Crippen MR) is 74.5 cm³/mol. The molecule has 4 nitrogen and oxygen atoms in total. The van der Waals surface area contributed by atoms with Crippen LogP contribution in [0.3, 0.4) is 0 Å². The normalized spacial score (nSPS) is 9.00. The maximum absolute atomic E-state index is 13.9. The third-order valence-corrected chi connectivity index (χ3v) is 2.70. The van der Waals surface area contributed by atoms with E-state index in [4.69, 9.17) is 4.65 Å². The lowest BCUT2D eigenvalue weighted by molar-refractivity contribution is 0.512. The molecule has 0 aliphatic carbocycles. The molecule has 1 aromatic carbocycles. The van der Waals surface area contributed by atoms with Crippen molar-refractivity contribution in [1.29, 1.82) is 0 Å². The molecule has 0 atom stereocenters. The van der Waals surface area contributed by atoms with E-state index >= 15 is 0 Å². The quantitative estimate of drug-likeness (QED) is 0.768. The van der Waals surface area contributed by atoms with E-state index in [0.717, 1.165) is 11.3 Å². The Kier molecular flexibility index (Phi) is 6.75. The predicted octanol–water partition coefficient (Wildman–Crippen LogP) is 0.793. The summed E-state index contributed by atoms with van der Waals surface area (Å²) in [5.74, 6) is 0.536. The summed E-state index contributed by atoms with van der Waals surface area (Å²) in [5, 5.41) is 0. The first-order chi connectivity index (χ1) is 8.18. The van der Waals surface area contributed by atoms with E-state index < -0.39 is 7.19 Å². The van der Waals surface area contributed by atoms with Gasteiger partial charge in [-0.15, -0.1) is 0 Å². The summed E-state index contributed by atoms with van der Waals surface area (Å²) in [6.45, 7) is 3.74. The maximum atomic E-state index is 13.9. The molecule has 102 valence electrons. The second kappa shape index (κ2) is 7.50. The maximum Gasteiger partial charge on any atom is 0.601 e. The molecular weight excluding hydrogens is 248 g/mol. The van der Waals surface area contributed by atoms with E-state index in [0.29, 0.717) is 11.2 Å². The summed E-state index contributed by atoms with van der Waals surface area (Å²) >= 11 is 0. The Labute approximate surface area is 112 Å². The Hall–Kier alpha value is -1.92. The SMILES string of the molecule is Cc1nccc(OB(F)c2ccccc2)c1C.O.O. The van der Waals surface area contributed by atoms with E-state index in [-0.39, 0.29) is 11.0 Å². The van der Waals surface area contributed by atoms with Crippen LogP contribution in [0.4, 0.5) is 4.32 Å². The van der Waals surface area contributed by atoms with Gasteiger partial charge in [0, 0.05) is 22.9 Å². The average molecular weight is 265 g/mol. The zero-order valence-electron chi connectivity index (χ0n) is 10.9. The first kappa shape index (κ1) is 17.1. The molecule has 1 heterocycles. The van der Waals surface area contributed by atoms with E-state index in [9.17, 15) is 4.32 Å². The summed E-state index contributed by atoms with van der Waals surface area (Å²) in [6.07, 6.45) is 1.62. The Balaban J connectivity index is 0.00000162. The van der Waals surface area contributed by atoms with Crippen LogP contribution < -0.4 is 10.1 Å². The van der Waals surface area contributed by atoms with Crippen molar-refractivity contribution >= 4 is 12.7 Å². The molecule has 0 aliphatic rings. The molecule has 0 saturated heterocycles. The molecule has 0 amide bonds. The topological polar surface area (TPSA) is 85.1 Å². The fourth-order valence-corrected chi connectivity index (χ4v) is 1.53. The third-order valence-electron chi connectivity index (χ3n) is 2.70. The lowest BCUT2D eigenvalue weighted by atomic mass is 9.82. The fourth-order valence-electron chi connectivity index (χ4n) is 1.53. The largest absolute Gasteiger partial charge is 0.601 e. The van der Waals surface area contributed by atoms with Gasteiger partial charge in [-0.2, -0.15) is 0 Å². The Morgan fingerprint density at radius 1 is 1.05 bits per heavy atom. The number of benzene rings is 1. The van der Waals surface area contributed by atoms with Crippen molar-refractivity contribution in [3.8, 4) is 5.75 Å². The van der Waals surface area contributed by atoms with Crippen LogP contribution in [0, 0.1) is 13.8 Å².